The number of aryl methyl sites for hydroxylation is 1. The first-order valence-electron chi connectivity index (χ1n) is 6.95. The minimum atomic E-state index is -0.126. The Labute approximate surface area is 129 Å². The zero-order valence-electron chi connectivity index (χ0n) is 12.0. The van der Waals surface area contributed by atoms with Gasteiger partial charge in [-0.25, -0.2) is 0 Å². The molecule has 1 amide bonds. The van der Waals surface area contributed by atoms with E-state index in [0.29, 0.717) is 12.2 Å². The number of carbonyl (C=O) groups excluding carboxylic acids is 1. The van der Waals surface area contributed by atoms with Crippen LogP contribution in [0.5, 0.6) is 0 Å². The van der Waals surface area contributed by atoms with Crippen molar-refractivity contribution in [2.45, 2.75) is 19.3 Å². The lowest BCUT2D eigenvalue weighted by Crippen LogP contribution is -2.28. The molecule has 0 spiro atoms. The highest BCUT2D eigenvalue weighted by molar-refractivity contribution is 6.29. The van der Waals surface area contributed by atoms with E-state index >= 15 is 0 Å². The number of hydrogen-bond donors (Lipinski definition) is 0. The Hall–Kier alpha value is -1.94. The van der Waals surface area contributed by atoms with Crippen molar-refractivity contribution in [3.63, 3.8) is 0 Å². The van der Waals surface area contributed by atoms with E-state index in [1.165, 1.54) is 5.56 Å². The summed E-state index contributed by atoms with van der Waals surface area (Å²) in [6.45, 7) is 0.704. The lowest BCUT2D eigenvalue weighted by molar-refractivity contribution is 0.0786. The molecule has 21 heavy (non-hydrogen) atoms. The van der Waals surface area contributed by atoms with E-state index in [0.717, 1.165) is 19.3 Å². The van der Waals surface area contributed by atoms with Gasteiger partial charge in [-0.3, -0.25) is 4.79 Å². The van der Waals surface area contributed by atoms with Crippen LogP contribution in [0, 0.1) is 0 Å². The molecule has 0 aliphatic carbocycles. The van der Waals surface area contributed by atoms with Gasteiger partial charge in [-0.15, -0.1) is 10.2 Å². The van der Waals surface area contributed by atoms with Crippen molar-refractivity contribution >= 4 is 17.5 Å². The summed E-state index contributed by atoms with van der Waals surface area (Å²) in [6, 6.07) is 13.5. The highest BCUT2D eigenvalue weighted by atomic mass is 35.5. The number of unbranched alkanes of at least 4 members (excludes halogenated alkanes) is 1. The van der Waals surface area contributed by atoms with Crippen molar-refractivity contribution in [1.29, 1.82) is 0 Å². The predicted octanol–water partition coefficient (Wildman–Crippen LogP) is 3.22. The predicted molar refractivity (Wildman–Crippen MR) is 83.4 cm³/mol. The molecule has 1 heterocycles. The molecule has 0 atom stereocenters. The van der Waals surface area contributed by atoms with Gasteiger partial charge in [-0.1, -0.05) is 41.9 Å². The molecular weight excluding hydrogens is 286 g/mol. The van der Waals surface area contributed by atoms with Gasteiger partial charge in [0.25, 0.3) is 5.91 Å². The maximum Gasteiger partial charge on any atom is 0.274 e. The smallest absolute Gasteiger partial charge is 0.274 e. The Morgan fingerprint density at radius 2 is 1.86 bits per heavy atom. The third-order valence-corrected chi connectivity index (χ3v) is 3.45. The summed E-state index contributed by atoms with van der Waals surface area (Å²) < 4.78 is 0. The van der Waals surface area contributed by atoms with Gasteiger partial charge in [0.2, 0.25) is 0 Å². The zero-order chi connectivity index (χ0) is 15.1. The quantitative estimate of drug-likeness (QED) is 0.770. The van der Waals surface area contributed by atoms with Crippen LogP contribution < -0.4 is 0 Å². The van der Waals surface area contributed by atoms with E-state index in [2.05, 4.69) is 22.3 Å². The van der Waals surface area contributed by atoms with Crippen LogP contribution in [0.2, 0.25) is 5.15 Å². The molecule has 110 valence electrons. The molecular formula is C16H18ClN3O. The summed E-state index contributed by atoms with van der Waals surface area (Å²) in [5.74, 6) is -0.126. The SMILES string of the molecule is CN(CCCCc1ccccc1)C(=O)c1ccc(Cl)nn1. The van der Waals surface area contributed by atoms with Crippen molar-refractivity contribution in [1.82, 2.24) is 15.1 Å². The highest BCUT2D eigenvalue weighted by Crippen LogP contribution is 2.07. The standard InChI is InChI=1S/C16H18ClN3O/c1-20(16(21)14-10-11-15(17)19-18-14)12-6-5-9-13-7-3-2-4-8-13/h2-4,7-8,10-11H,5-6,9,12H2,1H3. The zero-order valence-corrected chi connectivity index (χ0v) is 12.8. The normalized spacial score (nSPS) is 10.4. The molecule has 1 aromatic carbocycles. The van der Waals surface area contributed by atoms with Gasteiger partial charge in [-0.05, 0) is 37.0 Å². The van der Waals surface area contributed by atoms with Gasteiger partial charge in [0.15, 0.2) is 10.8 Å². The molecule has 0 unspecified atom stereocenters. The van der Waals surface area contributed by atoms with Gasteiger partial charge in [0.1, 0.15) is 0 Å². The summed E-state index contributed by atoms with van der Waals surface area (Å²) in [5.41, 5.74) is 1.65. The largest absolute Gasteiger partial charge is 0.340 e. The van der Waals surface area contributed by atoms with E-state index in [9.17, 15) is 4.79 Å². The van der Waals surface area contributed by atoms with Crippen molar-refractivity contribution in [2.24, 2.45) is 0 Å². The number of benzene rings is 1. The Morgan fingerprint density at radius 3 is 2.52 bits per heavy atom. The molecule has 0 N–H and O–H groups in total. The van der Waals surface area contributed by atoms with E-state index in [1.807, 2.05) is 18.2 Å². The van der Waals surface area contributed by atoms with Gasteiger partial charge in [-0.2, -0.15) is 0 Å². The topological polar surface area (TPSA) is 46.1 Å². The number of aromatic nitrogens is 2. The number of halogens is 1. The summed E-state index contributed by atoms with van der Waals surface area (Å²) in [5, 5.41) is 7.78. The Kier molecular flexibility index (Phi) is 5.69. The lowest BCUT2D eigenvalue weighted by Gasteiger charge is -2.16. The van der Waals surface area contributed by atoms with Crippen LogP contribution in [-0.2, 0) is 6.42 Å². The van der Waals surface area contributed by atoms with Crippen LogP contribution in [0.15, 0.2) is 42.5 Å². The van der Waals surface area contributed by atoms with E-state index in [1.54, 1.807) is 24.1 Å². The highest BCUT2D eigenvalue weighted by Gasteiger charge is 2.13. The molecule has 0 fully saturated rings. The molecule has 1 aromatic heterocycles. The Bertz CT molecular complexity index is 572. The number of hydrogen-bond acceptors (Lipinski definition) is 3. The molecule has 0 aliphatic heterocycles. The first-order valence-corrected chi connectivity index (χ1v) is 7.33. The maximum atomic E-state index is 12.1. The van der Waals surface area contributed by atoms with Gasteiger partial charge in [0, 0.05) is 13.6 Å². The van der Waals surface area contributed by atoms with Crippen molar-refractivity contribution in [3.05, 3.63) is 58.9 Å². The lowest BCUT2D eigenvalue weighted by atomic mass is 10.1. The molecule has 2 rings (SSSR count). The van der Waals surface area contributed by atoms with Crippen LogP contribution in [0.1, 0.15) is 28.9 Å². The van der Waals surface area contributed by atoms with Gasteiger partial charge >= 0.3 is 0 Å². The molecule has 5 heteroatoms. The van der Waals surface area contributed by atoms with Crippen molar-refractivity contribution in [2.75, 3.05) is 13.6 Å². The average molecular weight is 304 g/mol. The van der Waals surface area contributed by atoms with E-state index < -0.39 is 0 Å². The molecule has 0 bridgehead atoms. The van der Waals surface area contributed by atoms with Crippen molar-refractivity contribution in [3.8, 4) is 0 Å². The Morgan fingerprint density at radius 1 is 1.10 bits per heavy atom. The molecule has 4 nitrogen and oxygen atoms in total. The van der Waals surface area contributed by atoms with Crippen LogP contribution in [0.3, 0.4) is 0 Å². The van der Waals surface area contributed by atoms with Crippen LogP contribution >= 0.6 is 11.6 Å². The number of nitrogens with zero attached hydrogens (tertiary/aromatic N) is 3. The molecule has 0 radical (unpaired) electrons. The van der Waals surface area contributed by atoms with E-state index in [4.69, 9.17) is 11.6 Å². The minimum absolute atomic E-state index is 0.126. The van der Waals surface area contributed by atoms with E-state index in [-0.39, 0.29) is 11.1 Å². The maximum absolute atomic E-state index is 12.1. The fourth-order valence-corrected chi connectivity index (χ4v) is 2.15. The number of amides is 1. The second-order valence-corrected chi connectivity index (χ2v) is 5.30. The van der Waals surface area contributed by atoms with Crippen LogP contribution in [-0.4, -0.2) is 34.6 Å². The molecule has 0 aliphatic rings. The minimum Gasteiger partial charge on any atom is -0.340 e. The Balaban J connectivity index is 1.75. The fourth-order valence-electron chi connectivity index (χ4n) is 2.05. The summed E-state index contributed by atoms with van der Waals surface area (Å²) in [4.78, 5) is 13.8. The molecule has 0 saturated heterocycles. The second-order valence-electron chi connectivity index (χ2n) is 4.91. The van der Waals surface area contributed by atoms with Gasteiger partial charge < -0.3 is 4.90 Å². The molecule has 0 saturated carbocycles. The number of rotatable bonds is 6. The summed E-state index contributed by atoms with van der Waals surface area (Å²) in [6.07, 6.45) is 3.04. The average Bonchev–Trinajstić information content (AvgIpc) is 2.52. The first kappa shape index (κ1) is 15.4. The summed E-state index contributed by atoms with van der Waals surface area (Å²) in [7, 11) is 1.78. The van der Waals surface area contributed by atoms with Crippen LogP contribution in [0.4, 0.5) is 0 Å². The van der Waals surface area contributed by atoms with Crippen LogP contribution in [0.25, 0.3) is 0 Å². The third kappa shape index (κ3) is 4.83. The molecule has 2 aromatic rings. The second kappa shape index (κ2) is 7.74. The van der Waals surface area contributed by atoms with Crippen molar-refractivity contribution < 1.29 is 4.79 Å². The summed E-state index contributed by atoms with van der Waals surface area (Å²) >= 11 is 5.66. The number of carbonyl (C=O) groups is 1. The van der Waals surface area contributed by atoms with Gasteiger partial charge in [0.05, 0.1) is 0 Å². The first-order chi connectivity index (χ1) is 10.2. The fraction of sp³-hybridized carbons (Fsp3) is 0.312. The third-order valence-electron chi connectivity index (χ3n) is 3.25. The monoisotopic (exact) mass is 303 g/mol.